The second-order valence-corrected chi connectivity index (χ2v) is 3.99. The van der Waals surface area contributed by atoms with Crippen molar-refractivity contribution in [3.8, 4) is 0 Å². The van der Waals surface area contributed by atoms with Crippen molar-refractivity contribution in [3.05, 3.63) is 23.6 Å². The van der Waals surface area contributed by atoms with Gasteiger partial charge in [-0.3, -0.25) is 19.3 Å². The van der Waals surface area contributed by atoms with Crippen molar-refractivity contribution in [2.45, 2.75) is 13.3 Å². The van der Waals surface area contributed by atoms with Gasteiger partial charge in [-0.25, -0.2) is 0 Å². The number of esters is 1. The quantitative estimate of drug-likeness (QED) is 0.307. The molecule has 5 nitrogen and oxygen atoms in total. The first-order valence-electron chi connectivity index (χ1n) is 5.11. The van der Waals surface area contributed by atoms with Gasteiger partial charge in [-0.05, 0) is 5.41 Å². The van der Waals surface area contributed by atoms with E-state index in [9.17, 15) is 14.4 Å². The zero-order valence-electron chi connectivity index (χ0n) is 9.42. The predicted molar refractivity (Wildman–Crippen MR) is 63.8 cm³/mol. The number of carbonyl (C=O) groups excluding carboxylic acids is 3. The number of ether oxygens (including phenoxy) is 1. The summed E-state index contributed by atoms with van der Waals surface area (Å²) in [4.78, 5) is 34.2. The summed E-state index contributed by atoms with van der Waals surface area (Å²) in [7, 11) is 0. The van der Waals surface area contributed by atoms with Crippen molar-refractivity contribution in [2.24, 2.45) is 0 Å². The third-order valence-corrected chi connectivity index (χ3v) is 2.60. The van der Waals surface area contributed by atoms with Crippen LogP contribution in [0, 0.1) is 0 Å². The van der Waals surface area contributed by atoms with Crippen LogP contribution in [-0.4, -0.2) is 35.2 Å². The van der Waals surface area contributed by atoms with Crippen molar-refractivity contribution in [1.29, 1.82) is 0 Å². The minimum absolute atomic E-state index is 0.236. The van der Waals surface area contributed by atoms with Crippen molar-refractivity contribution in [2.75, 3.05) is 12.5 Å². The molecule has 1 heterocycles. The van der Waals surface area contributed by atoms with Crippen LogP contribution < -0.4 is 0 Å². The zero-order valence-corrected chi connectivity index (χ0v) is 10.2. The second-order valence-electron chi connectivity index (χ2n) is 3.15. The van der Waals surface area contributed by atoms with E-state index in [-0.39, 0.29) is 30.3 Å². The molecule has 0 aliphatic carbocycles. The van der Waals surface area contributed by atoms with Crippen LogP contribution in [0.4, 0.5) is 0 Å². The Hall–Kier alpha value is -1.56. The second kappa shape index (κ2) is 6.90. The Bertz CT molecular complexity index is 358. The molecule has 0 atom stereocenters. The van der Waals surface area contributed by atoms with Crippen LogP contribution in [0.2, 0.25) is 0 Å². The smallest absolute Gasteiger partial charge is 0.306 e. The molecule has 1 aliphatic heterocycles. The standard InChI is InChI=1S/C11H13NO4S/c1-2-11(15)16-8-17-7-3-6-12-9(13)4-5-10(12)14/h3-5,7H,2,6,8H2,1H3/b7-3+. The van der Waals surface area contributed by atoms with Crippen molar-refractivity contribution in [3.63, 3.8) is 0 Å². The fraction of sp³-hybridized carbons (Fsp3) is 0.364. The molecule has 2 amide bonds. The van der Waals surface area contributed by atoms with Gasteiger partial charge in [0.25, 0.3) is 11.8 Å². The number of nitrogens with zero attached hydrogens (tertiary/aromatic N) is 1. The highest BCUT2D eigenvalue weighted by Crippen LogP contribution is 2.06. The van der Waals surface area contributed by atoms with E-state index >= 15 is 0 Å². The Balaban J connectivity index is 2.16. The fourth-order valence-electron chi connectivity index (χ4n) is 1.07. The molecule has 0 spiro atoms. The first kappa shape index (κ1) is 13.5. The predicted octanol–water partition coefficient (Wildman–Crippen LogP) is 1.07. The van der Waals surface area contributed by atoms with Gasteiger partial charge in [0, 0.05) is 25.1 Å². The minimum atomic E-state index is -0.304. The molecule has 17 heavy (non-hydrogen) atoms. The molecule has 0 fully saturated rings. The van der Waals surface area contributed by atoms with E-state index in [0.29, 0.717) is 6.42 Å². The van der Waals surface area contributed by atoms with Crippen LogP contribution in [0.15, 0.2) is 23.6 Å². The normalized spacial score (nSPS) is 15.0. The monoisotopic (exact) mass is 255 g/mol. The summed E-state index contributed by atoms with van der Waals surface area (Å²) in [6.07, 6.45) is 4.51. The lowest BCUT2D eigenvalue weighted by Crippen LogP contribution is -2.29. The molecular formula is C11H13NO4S. The highest BCUT2D eigenvalue weighted by Gasteiger charge is 2.21. The van der Waals surface area contributed by atoms with E-state index in [1.54, 1.807) is 18.4 Å². The Morgan fingerprint density at radius 2 is 2.06 bits per heavy atom. The number of hydrogen-bond acceptors (Lipinski definition) is 5. The largest absolute Gasteiger partial charge is 0.454 e. The van der Waals surface area contributed by atoms with Crippen LogP contribution >= 0.6 is 11.8 Å². The highest BCUT2D eigenvalue weighted by atomic mass is 32.2. The van der Waals surface area contributed by atoms with E-state index in [1.165, 1.54) is 23.9 Å². The third kappa shape index (κ3) is 4.44. The van der Waals surface area contributed by atoms with E-state index < -0.39 is 0 Å². The Morgan fingerprint density at radius 3 is 2.65 bits per heavy atom. The van der Waals surface area contributed by atoms with Gasteiger partial charge in [-0.15, -0.1) is 0 Å². The molecule has 1 aliphatic rings. The van der Waals surface area contributed by atoms with E-state index in [0.717, 1.165) is 4.90 Å². The highest BCUT2D eigenvalue weighted by molar-refractivity contribution is 8.02. The summed E-state index contributed by atoms with van der Waals surface area (Å²) < 4.78 is 4.82. The van der Waals surface area contributed by atoms with Gasteiger partial charge in [0.2, 0.25) is 0 Å². The molecule has 92 valence electrons. The Kier molecular flexibility index (Phi) is 5.48. The summed E-state index contributed by atoms with van der Waals surface area (Å²) in [5.74, 6) is -0.618. The lowest BCUT2D eigenvalue weighted by Gasteiger charge is -2.09. The van der Waals surface area contributed by atoms with Crippen LogP contribution in [0.25, 0.3) is 0 Å². The lowest BCUT2D eigenvalue weighted by atomic mass is 10.5. The topological polar surface area (TPSA) is 63.7 Å². The minimum Gasteiger partial charge on any atom is -0.454 e. The number of imide groups is 1. The molecule has 0 N–H and O–H groups in total. The maximum Gasteiger partial charge on any atom is 0.306 e. The average molecular weight is 255 g/mol. The number of thioether (sulfide) groups is 1. The Labute approximate surface area is 103 Å². The van der Waals surface area contributed by atoms with Crippen LogP contribution in [0.5, 0.6) is 0 Å². The first-order chi connectivity index (χ1) is 8.15. The molecular weight excluding hydrogens is 242 g/mol. The van der Waals surface area contributed by atoms with E-state index in [2.05, 4.69) is 0 Å². The van der Waals surface area contributed by atoms with Crippen molar-refractivity contribution >= 4 is 29.5 Å². The van der Waals surface area contributed by atoms with Gasteiger partial charge in [-0.1, -0.05) is 24.8 Å². The van der Waals surface area contributed by atoms with Crippen LogP contribution in [-0.2, 0) is 19.1 Å². The zero-order chi connectivity index (χ0) is 12.7. The van der Waals surface area contributed by atoms with Gasteiger partial charge in [0.1, 0.15) is 5.94 Å². The summed E-state index contributed by atoms with van der Waals surface area (Å²) in [5.41, 5.74) is 0. The molecule has 0 saturated heterocycles. The Morgan fingerprint density at radius 1 is 1.41 bits per heavy atom. The van der Waals surface area contributed by atoms with Gasteiger partial charge in [0.15, 0.2) is 0 Å². The summed E-state index contributed by atoms with van der Waals surface area (Å²) in [6.45, 7) is 1.96. The first-order valence-corrected chi connectivity index (χ1v) is 6.15. The maximum absolute atomic E-state index is 11.1. The molecule has 0 aromatic heterocycles. The molecule has 0 unspecified atom stereocenters. The van der Waals surface area contributed by atoms with Gasteiger partial charge < -0.3 is 4.74 Å². The van der Waals surface area contributed by atoms with Crippen LogP contribution in [0.3, 0.4) is 0 Å². The van der Waals surface area contributed by atoms with Crippen molar-refractivity contribution in [1.82, 2.24) is 4.90 Å². The fourth-order valence-corrected chi connectivity index (χ4v) is 1.57. The molecule has 0 aromatic rings. The number of amides is 2. The molecule has 6 heteroatoms. The van der Waals surface area contributed by atoms with Gasteiger partial charge >= 0.3 is 5.97 Å². The number of hydrogen-bond donors (Lipinski definition) is 0. The number of carbonyl (C=O) groups is 3. The maximum atomic E-state index is 11.1. The third-order valence-electron chi connectivity index (χ3n) is 1.96. The van der Waals surface area contributed by atoms with E-state index in [1.807, 2.05) is 0 Å². The molecule has 0 bridgehead atoms. The van der Waals surface area contributed by atoms with Gasteiger partial charge in [0.05, 0.1) is 0 Å². The molecule has 0 saturated carbocycles. The summed E-state index contributed by atoms with van der Waals surface area (Å²) >= 11 is 1.29. The van der Waals surface area contributed by atoms with Crippen LogP contribution in [0.1, 0.15) is 13.3 Å². The average Bonchev–Trinajstić information content (AvgIpc) is 2.64. The summed E-state index contributed by atoms with van der Waals surface area (Å²) in [6, 6.07) is 0. The molecule has 0 aromatic carbocycles. The van der Waals surface area contributed by atoms with E-state index in [4.69, 9.17) is 4.74 Å². The molecule has 0 radical (unpaired) electrons. The number of rotatable bonds is 6. The van der Waals surface area contributed by atoms with Crippen molar-refractivity contribution < 1.29 is 19.1 Å². The van der Waals surface area contributed by atoms with Gasteiger partial charge in [-0.2, -0.15) is 0 Å². The molecule has 1 rings (SSSR count). The summed E-state index contributed by atoms with van der Waals surface area (Å²) in [5, 5.41) is 1.70. The lowest BCUT2D eigenvalue weighted by molar-refractivity contribution is -0.141. The SMILES string of the molecule is CCC(=O)OCS/C=C/CN1C(=O)C=CC1=O.